The zero-order chi connectivity index (χ0) is 11.0. The molecular weight excluding hydrogens is 203 g/mol. The molecule has 16 heavy (non-hydrogen) atoms. The van der Waals surface area contributed by atoms with Crippen molar-refractivity contribution in [2.45, 2.75) is 32.2 Å². The number of alkyl halides is 1. The summed E-state index contributed by atoms with van der Waals surface area (Å²) in [5.74, 6) is 0. The summed E-state index contributed by atoms with van der Waals surface area (Å²) in [5, 5.41) is 3.34. The van der Waals surface area contributed by atoms with Crippen LogP contribution >= 0.6 is 0 Å². The monoisotopic (exact) mass is 220 g/mol. The number of benzene rings is 1. The number of nitrogens with one attached hydrogen (secondary N) is 1. The molecule has 1 N–H and O–H groups in total. The molecule has 0 saturated carbocycles. The molecule has 2 aliphatic heterocycles. The van der Waals surface area contributed by atoms with E-state index >= 15 is 0 Å². The number of rotatable bonds is 2. The average molecular weight is 220 g/mol. The van der Waals surface area contributed by atoms with E-state index in [0.717, 1.165) is 26.2 Å². The first-order valence-corrected chi connectivity index (χ1v) is 5.99. The topological polar surface area (TPSA) is 15.3 Å². The zero-order valence-corrected chi connectivity index (χ0v) is 9.38. The standard InChI is InChI=1S/C13H17FN2/c14-13-3-4-16(9-13)8-10-1-2-11-6-15-7-12(11)5-10/h1-2,5,13,15H,3-4,6-9H2/t13-/m0/s1. The minimum Gasteiger partial charge on any atom is -0.309 e. The van der Waals surface area contributed by atoms with Gasteiger partial charge in [-0.1, -0.05) is 18.2 Å². The smallest absolute Gasteiger partial charge is 0.114 e. The van der Waals surface area contributed by atoms with E-state index in [1.807, 2.05) is 0 Å². The molecule has 0 radical (unpaired) electrons. The molecule has 3 heteroatoms. The number of fused-ring (bicyclic) bond motifs is 1. The number of hydrogen-bond acceptors (Lipinski definition) is 2. The van der Waals surface area contributed by atoms with Crippen LogP contribution in [0.5, 0.6) is 0 Å². The number of hydrogen-bond donors (Lipinski definition) is 1. The highest BCUT2D eigenvalue weighted by atomic mass is 19.1. The average Bonchev–Trinajstić information content (AvgIpc) is 2.87. The lowest BCUT2D eigenvalue weighted by Crippen LogP contribution is -2.20. The molecule has 2 heterocycles. The first kappa shape index (κ1) is 10.2. The summed E-state index contributed by atoms with van der Waals surface area (Å²) in [6, 6.07) is 6.64. The lowest BCUT2D eigenvalue weighted by molar-refractivity contribution is 0.282. The summed E-state index contributed by atoms with van der Waals surface area (Å²) in [5.41, 5.74) is 4.14. The fourth-order valence-electron chi connectivity index (χ4n) is 2.63. The summed E-state index contributed by atoms with van der Waals surface area (Å²) in [7, 11) is 0. The largest absolute Gasteiger partial charge is 0.309 e. The fraction of sp³-hybridized carbons (Fsp3) is 0.538. The van der Waals surface area contributed by atoms with Crippen LogP contribution in [0.1, 0.15) is 23.1 Å². The summed E-state index contributed by atoms with van der Waals surface area (Å²) in [6.45, 7) is 4.38. The third-order valence-electron chi connectivity index (χ3n) is 3.52. The second kappa shape index (κ2) is 4.15. The lowest BCUT2D eigenvalue weighted by atomic mass is 10.1. The molecule has 3 rings (SSSR count). The summed E-state index contributed by atoms with van der Waals surface area (Å²) in [6.07, 6.45) is 0.0862. The molecule has 0 bridgehead atoms. The molecule has 1 aromatic carbocycles. The zero-order valence-electron chi connectivity index (χ0n) is 9.38. The van der Waals surface area contributed by atoms with E-state index in [0.29, 0.717) is 13.0 Å². The van der Waals surface area contributed by atoms with Gasteiger partial charge in [0.2, 0.25) is 0 Å². The van der Waals surface area contributed by atoms with Gasteiger partial charge in [0, 0.05) is 32.7 Å². The van der Waals surface area contributed by atoms with Crippen molar-refractivity contribution in [2.75, 3.05) is 13.1 Å². The molecule has 1 fully saturated rings. The normalized spacial score (nSPS) is 24.9. The third kappa shape index (κ3) is 1.97. The van der Waals surface area contributed by atoms with Gasteiger partial charge in [-0.3, -0.25) is 4.90 Å². The maximum atomic E-state index is 13.0. The van der Waals surface area contributed by atoms with Crippen molar-refractivity contribution in [2.24, 2.45) is 0 Å². The van der Waals surface area contributed by atoms with Crippen molar-refractivity contribution in [3.05, 3.63) is 34.9 Å². The van der Waals surface area contributed by atoms with Crippen LogP contribution in [0.4, 0.5) is 4.39 Å². The molecule has 0 spiro atoms. The van der Waals surface area contributed by atoms with Gasteiger partial charge in [0.05, 0.1) is 0 Å². The predicted octanol–water partition coefficient (Wildman–Crippen LogP) is 1.83. The van der Waals surface area contributed by atoms with Gasteiger partial charge in [-0.15, -0.1) is 0 Å². The van der Waals surface area contributed by atoms with Gasteiger partial charge >= 0.3 is 0 Å². The Morgan fingerprint density at radius 2 is 2.19 bits per heavy atom. The second-order valence-corrected chi connectivity index (χ2v) is 4.83. The Kier molecular flexibility index (Phi) is 2.65. The molecule has 2 nitrogen and oxygen atoms in total. The van der Waals surface area contributed by atoms with Crippen LogP contribution in [0.25, 0.3) is 0 Å². The molecule has 0 aliphatic carbocycles. The van der Waals surface area contributed by atoms with Crippen molar-refractivity contribution in [1.29, 1.82) is 0 Å². The molecule has 1 saturated heterocycles. The molecule has 86 valence electrons. The van der Waals surface area contributed by atoms with E-state index < -0.39 is 6.17 Å². The molecular formula is C13H17FN2. The van der Waals surface area contributed by atoms with Crippen LogP contribution in [0.15, 0.2) is 18.2 Å². The van der Waals surface area contributed by atoms with Crippen molar-refractivity contribution in [3.8, 4) is 0 Å². The molecule has 0 aromatic heterocycles. The van der Waals surface area contributed by atoms with Crippen molar-refractivity contribution in [1.82, 2.24) is 10.2 Å². The van der Waals surface area contributed by atoms with Crippen LogP contribution in [0, 0.1) is 0 Å². The van der Waals surface area contributed by atoms with E-state index in [2.05, 4.69) is 28.4 Å². The molecule has 2 aliphatic rings. The van der Waals surface area contributed by atoms with Crippen molar-refractivity contribution < 1.29 is 4.39 Å². The number of halogens is 1. The van der Waals surface area contributed by atoms with Crippen LogP contribution < -0.4 is 5.32 Å². The second-order valence-electron chi connectivity index (χ2n) is 4.83. The Morgan fingerprint density at radius 3 is 3.00 bits per heavy atom. The quantitative estimate of drug-likeness (QED) is 0.818. The van der Waals surface area contributed by atoms with Gasteiger partial charge in [0.1, 0.15) is 6.17 Å². The Labute approximate surface area is 95.4 Å². The van der Waals surface area contributed by atoms with Crippen LogP contribution in [0.2, 0.25) is 0 Å². The highest BCUT2D eigenvalue weighted by molar-refractivity contribution is 5.34. The van der Waals surface area contributed by atoms with E-state index in [9.17, 15) is 4.39 Å². The number of likely N-dealkylation sites (tertiary alicyclic amines) is 1. The van der Waals surface area contributed by atoms with Gasteiger partial charge in [-0.25, -0.2) is 4.39 Å². The van der Waals surface area contributed by atoms with E-state index in [4.69, 9.17) is 0 Å². The Bertz CT molecular complexity index is 392. The van der Waals surface area contributed by atoms with E-state index in [-0.39, 0.29) is 0 Å². The molecule has 1 atom stereocenters. The molecule has 0 unspecified atom stereocenters. The Morgan fingerprint density at radius 1 is 1.31 bits per heavy atom. The fourth-order valence-corrected chi connectivity index (χ4v) is 2.63. The van der Waals surface area contributed by atoms with E-state index in [1.165, 1.54) is 16.7 Å². The summed E-state index contributed by atoms with van der Waals surface area (Å²) in [4.78, 5) is 2.20. The van der Waals surface area contributed by atoms with Crippen molar-refractivity contribution in [3.63, 3.8) is 0 Å². The highest BCUT2D eigenvalue weighted by Gasteiger charge is 2.21. The lowest BCUT2D eigenvalue weighted by Gasteiger charge is -2.15. The molecule has 1 aromatic rings. The minimum absolute atomic E-state index is 0.606. The Balaban J connectivity index is 1.71. The summed E-state index contributed by atoms with van der Waals surface area (Å²) < 4.78 is 13.0. The highest BCUT2D eigenvalue weighted by Crippen LogP contribution is 2.20. The van der Waals surface area contributed by atoms with Gasteiger partial charge in [0.15, 0.2) is 0 Å². The first-order valence-electron chi connectivity index (χ1n) is 5.99. The Hall–Kier alpha value is -0.930. The maximum absolute atomic E-state index is 13.0. The molecule has 0 amide bonds. The van der Waals surface area contributed by atoms with Gasteiger partial charge in [-0.2, -0.15) is 0 Å². The van der Waals surface area contributed by atoms with Gasteiger partial charge in [-0.05, 0) is 23.1 Å². The van der Waals surface area contributed by atoms with Gasteiger partial charge in [0.25, 0.3) is 0 Å². The first-order chi connectivity index (χ1) is 7.81. The van der Waals surface area contributed by atoms with Crippen LogP contribution in [-0.4, -0.2) is 24.2 Å². The summed E-state index contributed by atoms with van der Waals surface area (Å²) >= 11 is 0. The van der Waals surface area contributed by atoms with Gasteiger partial charge < -0.3 is 5.32 Å². The van der Waals surface area contributed by atoms with Crippen LogP contribution in [0.3, 0.4) is 0 Å². The van der Waals surface area contributed by atoms with Crippen molar-refractivity contribution >= 4 is 0 Å². The SMILES string of the molecule is F[C@H]1CCN(Cc2ccc3c(c2)CNC3)C1. The van der Waals surface area contributed by atoms with Crippen LogP contribution in [-0.2, 0) is 19.6 Å². The minimum atomic E-state index is -0.615. The third-order valence-corrected chi connectivity index (χ3v) is 3.52. The number of nitrogens with zero attached hydrogens (tertiary/aromatic N) is 1. The predicted molar refractivity (Wildman–Crippen MR) is 61.8 cm³/mol. The van der Waals surface area contributed by atoms with E-state index in [1.54, 1.807) is 0 Å². The maximum Gasteiger partial charge on any atom is 0.114 e.